The minimum atomic E-state index is -1.43. The van der Waals surface area contributed by atoms with E-state index < -0.39 is 28.8 Å². The number of benzene rings is 1. The average Bonchev–Trinajstić information content (AvgIpc) is 2.92. The highest BCUT2D eigenvalue weighted by molar-refractivity contribution is 5.75. The highest BCUT2D eigenvalue weighted by Crippen LogP contribution is 2.19. The Morgan fingerprint density at radius 1 is 0.816 bits per heavy atom. The molecular formula is C26H45F4NO7. The lowest BCUT2D eigenvalue weighted by atomic mass is 10.1. The number of ether oxygens (including phenoxy) is 4. The van der Waals surface area contributed by atoms with E-state index in [0.29, 0.717) is 46.0 Å². The number of halogens is 4. The minimum absolute atomic E-state index is 0.0247. The van der Waals surface area contributed by atoms with E-state index in [1.54, 1.807) is 0 Å². The molecule has 0 aliphatic carbocycles. The Labute approximate surface area is 224 Å². The number of unbranched alkanes of at least 4 members (excludes halogenated alkanes) is 1. The second-order valence-electron chi connectivity index (χ2n) is 6.71. The van der Waals surface area contributed by atoms with Gasteiger partial charge in [-0.1, -0.05) is 41.0 Å². The summed E-state index contributed by atoms with van der Waals surface area (Å²) >= 11 is 0. The molecule has 0 saturated heterocycles. The SMILES string of the molecule is CC.CC.CCCCNC(=O)CCOCCOCCOCCOCCc1c(F)c(F)cc(F)c1F.O=CO. The molecule has 0 radical (unpaired) electrons. The molecule has 1 aromatic rings. The molecule has 0 aromatic heterocycles. The molecule has 1 amide bonds. The Balaban J connectivity index is -0.00000159. The fraction of sp³-hybridized carbons (Fsp3) is 0.692. The first-order chi connectivity index (χ1) is 18.4. The van der Waals surface area contributed by atoms with E-state index in [1.807, 2.05) is 27.7 Å². The van der Waals surface area contributed by atoms with Crippen LogP contribution in [0, 0.1) is 23.3 Å². The van der Waals surface area contributed by atoms with E-state index in [-0.39, 0.29) is 44.7 Å². The van der Waals surface area contributed by atoms with Crippen LogP contribution in [0.15, 0.2) is 6.07 Å². The van der Waals surface area contributed by atoms with Crippen molar-refractivity contribution in [3.05, 3.63) is 34.9 Å². The van der Waals surface area contributed by atoms with Crippen molar-refractivity contribution in [3.8, 4) is 0 Å². The van der Waals surface area contributed by atoms with E-state index in [1.165, 1.54) is 0 Å². The van der Waals surface area contributed by atoms with E-state index in [9.17, 15) is 22.4 Å². The summed E-state index contributed by atoms with van der Waals surface area (Å²) in [6.07, 6.45) is 2.02. The molecule has 38 heavy (non-hydrogen) atoms. The first kappa shape index (κ1) is 40.2. The molecule has 12 heteroatoms. The Morgan fingerprint density at radius 3 is 1.63 bits per heavy atom. The van der Waals surface area contributed by atoms with Crippen LogP contribution in [0.2, 0.25) is 0 Å². The lowest BCUT2D eigenvalue weighted by molar-refractivity contribution is -0.123. The largest absolute Gasteiger partial charge is 0.483 e. The smallest absolute Gasteiger partial charge is 0.290 e. The fourth-order valence-corrected chi connectivity index (χ4v) is 2.44. The maximum Gasteiger partial charge on any atom is 0.290 e. The van der Waals surface area contributed by atoms with Crippen molar-refractivity contribution in [3.63, 3.8) is 0 Å². The van der Waals surface area contributed by atoms with Gasteiger partial charge in [-0.2, -0.15) is 0 Å². The Hall–Kier alpha value is -2.28. The molecule has 0 unspecified atom stereocenters. The summed E-state index contributed by atoms with van der Waals surface area (Å²) in [5.74, 6) is -5.71. The monoisotopic (exact) mass is 559 g/mol. The van der Waals surface area contributed by atoms with Gasteiger partial charge >= 0.3 is 0 Å². The van der Waals surface area contributed by atoms with Gasteiger partial charge in [0.2, 0.25) is 5.91 Å². The summed E-state index contributed by atoms with van der Waals surface area (Å²) in [4.78, 5) is 19.8. The van der Waals surface area contributed by atoms with E-state index >= 15 is 0 Å². The van der Waals surface area contributed by atoms with Crippen molar-refractivity contribution < 1.29 is 51.2 Å². The molecule has 8 nitrogen and oxygen atoms in total. The molecule has 1 rings (SSSR count). The summed E-state index contributed by atoms with van der Waals surface area (Å²) in [6.45, 7) is 12.5. The predicted molar refractivity (Wildman–Crippen MR) is 137 cm³/mol. The van der Waals surface area contributed by atoms with Crippen LogP contribution in [0.3, 0.4) is 0 Å². The van der Waals surface area contributed by atoms with Crippen molar-refractivity contribution in [2.75, 3.05) is 59.4 Å². The molecule has 0 aliphatic rings. The van der Waals surface area contributed by atoms with E-state index in [2.05, 4.69) is 12.2 Å². The molecule has 224 valence electrons. The van der Waals surface area contributed by atoms with Gasteiger partial charge < -0.3 is 29.4 Å². The average molecular weight is 560 g/mol. The van der Waals surface area contributed by atoms with Gasteiger partial charge in [-0.25, -0.2) is 17.6 Å². The Morgan fingerprint density at radius 2 is 1.21 bits per heavy atom. The predicted octanol–water partition coefficient (Wildman–Crippen LogP) is 4.91. The zero-order valence-electron chi connectivity index (χ0n) is 23.3. The van der Waals surface area contributed by atoms with Crippen molar-refractivity contribution in [1.29, 1.82) is 0 Å². The van der Waals surface area contributed by atoms with Crippen molar-refractivity contribution in [2.24, 2.45) is 0 Å². The van der Waals surface area contributed by atoms with Crippen LogP contribution >= 0.6 is 0 Å². The van der Waals surface area contributed by atoms with Crippen LogP contribution < -0.4 is 5.32 Å². The van der Waals surface area contributed by atoms with Crippen LogP contribution in [0.5, 0.6) is 0 Å². The molecule has 0 saturated carbocycles. The second-order valence-corrected chi connectivity index (χ2v) is 6.71. The first-order valence-corrected chi connectivity index (χ1v) is 12.9. The van der Waals surface area contributed by atoms with Crippen molar-refractivity contribution in [2.45, 2.75) is 60.3 Å². The van der Waals surface area contributed by atoms with Gasteiger partial charge in [-0.15, -0.1) is 0 Å². The van der Waals surface area contributed by atoms with Gasteiger partial charge in [0.05, 0.1) is 52.9 Å². The van der Waals surface area contributed by atoms with Crippen LogP contribution in [0.25, 0.3) is 0 Å². The second kappa shape index (κ2) is 30.9. The van der Waals surface area contributed by atoms with Gasteiger partial charge in [0.15, 0.2) is 23.3 Å². The van der Waals surface area contributed by atoms with Crippen LogP contribution in [-0.2, 0) is 35.0 Å². The maximum absolute atomic E-state index is 13.5. The normalized spacial score (nSPS) is 9.71. The zero-order chi connectivity index (χ0) is 29.6. The highest BCUT2D eigenvalue weighted by Gasteiger charge is 2.18. The number of hydrogen-bond donors (Lipinski definition) is 2. The van der Waals surface area contributed by atoms with Crippen molar-refractivity contribution in [1.82, 2.24) is 5.32 Å². The molecule has 0 bridgehead atoms. The summed E-state index contributed by atoms with van der Waals surface area (Å²) in [5, 5.41) is 9.69. The van der Waals surface area contributed by atoms with Crippen LogP contribution in [0.4, 0.5) is 17.6 Å². The standard InChI is InChI=1S/C21H31F4NO5.2C2H6.CH2O2/c1-2-3-6-26-19(27)5-8-29-10-12-31-14-13-30-11-9-28-7-4-16-20(24)17(22)15-18(23)21(16)25;2*1-2;2-1-3/h15H,2-14H2,1H3,(H,26,27);2*1-2H3;1H,(H,2,3). The number of rotatable bonds is 18. The molecule has 0 heterocycles. The number of amides is 1. The lowest BCUT2D eigenvalue weighted by Crippen LogP contribution is -2.25. The van der Waals surface area contributed by atoms with Crippen LogP contribution in [0.1, 0.15) is 59.4 Å². The molecule has 2 N–H and O–H groups in total. The third kappa shape index (κ3) is 22.9. The summed E-state index contributed by atoms with van der Waals surface area (Å²) in [5.41, 5.74) is -0.675. The van der Waals surface area contributed by atoms with E-state index in [0.717, 1.165) is 12.8 Å². The minimum Gasteiger partial charge on any atom is -0.483 e. The van der Waals surface area contributed by atoms with Crippen molar-refractivity contribution >= 4 is 12.4 Å². The number of carbonyl (C=O) groups is 2. The Kier molecular flexibility index (Phi) is 32.7. The van der Waals surface area contributed by atoms with Gasteiger partial charge in [0, 0.05) is 31.0 Å². The number of carboxylic acid groups (broad SMARTS) is 1. The molecule has 0 aliphatic heterocycles. The summed E-state index contributed by atoms with van der Waals surface area (Å²) < 4.78 is 74.2. The number of carbonyl (C=O) groups excluding carboxylic acids is 1. The molecule has 0 fully saturated rings. The van der Waals surface area contributed by atoms with Gasteiger partial charge in [0.1, 0.15) is 0 Å². The molecule has 1 aromatic carbocycles. The van der Waals surface area contributed by atoms with Gasteiger partial charge in [-0.05, 0) is 6.42 Å². The Bertz CT molecular complexity index is 672. The molecular weight excluding hydrogens is 514 g/mol. The topological polar surface area (TPSA) is 103 Å². The highest BCUT2D eigenvalue weighted by atomic mass is 19.2. The third-order valence-electron chi connectivity index (χ3n) is 4.14. The van der Waals surface area contributed by atoms with Gasteiger partial charge in [0.25, 0.3) is 6.47 Å². The number of nitrogens with one attached hydrogen (secondary N) is 1. The summed E-state index contributed by atoms with van der Waals surface area (Å²) in [7, 11) is 0. The molecule has 0 atom stereocenters. The fourth-order valence-electron chi connectivity index (χ4n) is 2.44. The van der Waals surface area contributed by atoms with E-state index in [4.69, 9.17) is 28.8 Å². The lowest BCUT2D eigenvalue weighted by Gasteiger charge is -2.09. The van der Waals surface area contributed by atoms with Crippen LogP contribution in [-0.4, -0.2) is 76.9 Å². The quantitative estimate of drug-likeness (QED) is 0.114. The maximum atomic E-state index is 13.5. The zero-order valence-corrected chi connectivity index (χ0v) is 23.3. The third-order valence-corrected chi connectivity index (χ3v) is 4.14. The summed E-state index contributed by atoms with van der Waals surface area (Å²) in [6, 6.07) is 0.172. The first-order valence-electron chi connectivity index (χ1n) is 12.9. The number of hydrogen-bond acceptors (Lipinski definition) is 6. The molecule has 0 spiro atoms. The van der Waals surface area contributed by atoms with Gasteiger partial charge in [-0.3, -0.25) is 9.59 Å².